The van der Waals surface area contributed by atoms with Crippen molar-refractivity contribution in [2.45, 2.75) is 58.9 Å². The van der Waals surface area contributed by atoms with E-state index in [2.05, 4.69) is 0 Å². The molecule has 1 amide bonds. The molecule has 4 heteroatoms. The van der Waals surface area contributed by atoms with Gasteiger partial charge in [0, 0.05) is 18.7 Å². The topological polar surface area (TPSA) is 57.6 Å². The molecule has 0 aromatic heterocycles. The lowest BCUT2D eigenvalue weighted by Gasteiger charge is -2.35. The van der Waals surface area contributed by atoms with Gasteiger partial charge in [-0.3, -0.25) is 9.59 Å². The average molecular weight is 267 g/mol. The van der Waals surface area contributed by atoms with Gasteiger partial charge in [0.2, 0.25) is 5.91 Å². The van der Waals surface area contributed by atoms with Crippen molar-refractivity contribution in [1.82, 2.24) is 4.90 Å². The molecule has 0 saturated heterocycles. The molecule has 4 nitrogen and oxygen atoms in total. The number of carbonyl (C=O) groups is 2. The summed E-state index contributed by atoms with van der Waals surface area (Å²) >= 11 is 0. The van der Waals surface area contributed by atoms with Gasteiger partial charge in [0.25, 0.3) is 0 Å². The minimum Gasteiger partial charge on any atom is -0.481 e. The van der Waals surface area contributed by atoms with Crippen molar-refractivity contribution < 1.29 is 14.7 Å². The summed E-state index contributed by atoms with van der Waals surface area (Å²) in [5, 5.41) is 9.04. The number of carboxylic acid groups (broad SMARTS) is 1. The van der Waals surface area contributed by atoms with Crippen LogP contribution in [-0.2, 0) is 9.59 Å². The first kappa shape index (κ1) is 15.7. The van der Waals surface area contributed by atoms with Gasteiger partial charge >= 0.3 is 5.97 Å². The first-order valence-electron chi connectivity index (χ1n) is 7.10. The third-order valence-corrected chi connectivity index (χ3v) is 3.60. The minimum atomic E-state index is -0.842. The van der Waals surface area contributed by atoms with Crippen LogP contribution in [0.2, 0.25) is 0 Å². The molecule has 0 spiro atoms. The molecule has 19 heavy (non-hydrogen) atoms. The summed E-state index contributed by atoms with van der Waals surface area (Å²) in [5.74, 6) is -1.40. The summed E-state index contributed by atoms with van der Waals surface area (Å²) in [6.07, 6.45) is 7.08. The van der Waals surface area contributed by atoms with E-state index >= 15 is 0 Å². The maximum Gasteiger partial charge on any atom is 0.308 e. The van der Waals surface area contributed by atoms with E-state index in [1.165, 1.54) is 6.42 Å². The van der Waals surface area contributed by atoms with Gasteiger partial charge in [-0.05, 0) is 26.7 Å². The Morgan fingerprint density at radius 1 is 1.26 bits per heavy atom. The Morgan fingerprint density at radius 3 is 2.32 bits per heavy atom. The Morgan fingerprint density at radius 2 is 1.84 bits per heavy atom. The SMILES string of the molecule is CC(C)=CC(=O)N(CC(C)C(=O)O)C1CCCCC1. The number of aliphatic carboxylic acids is 1. The summed E-state index contributed by atoms with van der Waals surface area (Å²) < 4.78 is 0. The highest BCUT2D eigenvalue weighted by atomic mass is 16.4. The fourth-order valence-electron chi connectivity index (χ4n) is 2.51. The van der Waals surface area contributed by atoms with Crippen LogP contribution >= 0.6 is 0 Å². The lowest BCUT2D eigenvalue weighted by molar-refractivity contribution is -0.143. The first-order chi connectivity index (χ1) is 8.91. The minimum absolute atomic E-state index is 0.0417. The number of hydrogen-bond donors (Lipinski definition) is 1. The maximum atomic E-state index is 12.3. The number of nitrogens with zero attached hydrogens (tertiary/aromatic N) is 1. The maximum absolute atomic E-state index is 12.3. The van der Waals surface area contributed by atoms with E-state index in [1.807, 2.05) is 13.8 Å². The third kappa shape index (κ3) is 5.05. The van der Waals surface area contributed by atoms with Gasteiger partial charge in [0.15, 0.2) is 0 Å². The lowest BCUT2D eigenvalue weighted by atomic mass is 9.93. The Labute approximate surface area is 115 Å². The highest BCUT2D eigenvalue weighted by Crippen LogP contribution is 2.24. The summed E-state index contributed by atoms with van der Waals surface area (Å²) in [5.41, 5.74) is 0.953. The average Bonchev–Trinajstić information content (AvgIpc) is 2.35. The predicted octanol–water partition coefficient (Wildman–Crippen LogP) is 2.83. The molecule has 1 aliphatic carbocycles. The van der Waals surface area contributed by atoms with Gasteiger partial charge in [-0.15, -0.1) is 0 Å². The van der Waals surface area contributed by atoms with Crippen molar-refractivity contribution in [1.29, 1.82) is 0 Å². The zero-order valence-corrected chi connectivity index (χ0v) is 12.2. The van der Waals surface area contributed by atoms with Crippen LogP contribution in [0.25, 0.3) is 0 Å². The van der Waals surface area contributed by atoms with Crippen molar-refractivity contribution in [3.05, 3.63) is 11.6 Å². The van der Waals surface area contributed by atoms with E-state index in [-0.39, 0.29) is 11.9 Å². The Balaban J connectivity index is 2.79. The van der Waals surface area contributed by atoms with Crippen LogP contribution in [0, 0.1) is 5.92 Å². The molecule has 0 aromatic carbocycles. The molecule has 0 aromatic rings. The monoisotopic (exact) mass is 267 g/mol. The molecule has 0 bridgehead atoms. The fraction of sp³-hybridized carbons (Fsp3) is 0.733. The Bertz CT molecular complexity index is 352. The molecule has 1 atom stereocenters. The van der Waals surface area contributed by atoms with Gasteiger partial charge in [-0.2, -0.15) is 0 Å². The Hall–Kier alpha value is -1.32. The number of hydrogen-bond acceptors (Lipinski definition) is 2. The highest BCUT2D eigenvalue weighted by Gasteiger charge is 2.27. The van der Waals surface area contributed by atoms with Crippen LogP contribution in [0.4, 0.5) is 0 Å². The van der Waals surface area contributed by atoms with Crippen molar-refractivity contribution >= 4 is 11.9 Å². The molecular weight excluding hydrogens is 242 g/mol. The zero-order chi connectivity index (χ0) is 14.4. The molecule has 1 aliphatic rings. The van der Waals surface area contributed by atoms with Crippen molar-refractivity contribution in [2.24, 2.45) is 5.92 Å². The summed E-state index contributed by atoms with van der Waals surface area (Å²) in [7, 11) is 0. The summed E-state index contributed by atoms with van der Waals surface area (Å²) in [6, 6.07) is 0.207. The van der Waals surface area contributed by atoms with Crippen LogP contribution < -0.4 is 0 Å². The second-order valence-corrected chi connectivity index (χ2v) is 5.74. The quantitative estimate of drug-likeness (QED) is 0.779. The Kier molecular flexibility index (Phi) is 6.06. The lowest BCUT2D eigenvalue weighted by Crippen LogP contribution is -2.44. The molecule has 1 fully saturated rings. The molecular formula is C15H25NO3. The smallest absolute Gasteiger partial charge is 0.308 e. The van der Waals surface area contributed by atoms with Gasteiger partial charge in [-0.1, -0.05) is 31.8 Å². The highest BCUT2D eigenvalue weighted by molar-refractivity contribution is 5.88. The fourth-order valence-corrected chi connectivity index (χ4v) is 2.51. The van der Waals surface area contributed by atoms with Crippen LogP contribution in [0.5, 0.6) is 0 Å². The largest absolute Gasteiger partial charge is 0.481 e. The van der Waals surface area contributed by atoms with Crippen LogP contribution in [0.1, 0.15) is 52.9 Å². The van der Waals surface area contributed by atoms with E-state index in [1.54, 1.807) is 17.9 Å². The predicted molar refractivity (Wildman–Crippen MR) is 74.8 cm³/mol. The van der Waals surface area contributed by atoms with Gasteiger partial charge in [-0.25, -0.2) is 0 Å². The summed E-state index contributed by atoms with van der Waals surface area (Å²) in [4.78, 5) is 25.0. The number of carboxylic acids is 1. The first-order valence-corrected chi connectivity index (χ1v) is 7.10. The summed E-state index contributed by atoms with van der Waals surface area (Å²) in [6.45, 7) is 5.74. The third-order valence-electron chi connectivity index (χ3n) is 3.60. The molecule has 0 radical (unpaired) electrons. The molecule has 1 unspecified atom stereocenters. The van der Waals surface area contributed by atoms with Crippen molar-refractivity contribution in [3.8, 4) is 0 Å². The van der Waals surface area contributed by atoms with E-state index < -0.39 is 11.9 Å². The van der Waals surface area contributed by atoms with E-state index in [0.717, 1.165) is 31.3 Å². The molecule has 1 rings (SSSR count). The normalized spacial score (nSPS) is 17.6. The van der Waals surface area contributed by atoms with E-state index in [0.29, 0.717) is 6.54 Å². The van der Waals surface area contributed by atoms with Gasteiger partial charge in [0.1, 0.15) is 0 Å². The molecule has 1 saturated carbocycles. The zero-order valence-electron chi connectivity index (χ0n) is 12.2. The number of rotatable bonds is 5. The van der Waals surface area contributed by atoms with E-state index in [9.17, 15) is 9.59 Å². The standard InChI is InChI=1S/C15H25NO3/c1-11(2)9-14(17)16(10-12(3)15(18)19)13-7-5-4-6-8-13/h9,12-13H,4-8,10H2,1-3H3,(H,18,19). The molecule has 1 N–H and O–H groups in total. The second kappa shape index (κ2) is 7.31. The second-order valence-electron chi connectivity index (χ2n) is 5.74. The number of allylic oxidation sites excluding steroid dienone is 1. The molecule has 108 valence electrons. The van der Waals surface area contributed by atoms with Crippen LogP contribution in [-0.4, -0.2) is 34.5 Å². The molecule has 0 aliphatic heterocycles. The molecule has 0 heterocycles. The van der Waals surface area contributed by atoms with Gasteiger partial charge < -0.3 is 10.0 Å². The van der Waals surface area contributed by atoms with Crippen molar-refractivity contribution in [3.63, 3.8) is 0 Å². The van der Waals surface area contributed by atoms with Crippen molar-refractivity contribution in [2.75, 3.05) is 6.54 Å². The van der Waals surface area contributed by atoms with Crippen LogP contribution in [0.3, 0.4) is 0 Å². The van der Waals surface area contributed by atoms with Crippen LogP contribution in [0.15, 0.2) is 11.6 Å². The van der Waals surface area contributed by atoms with E-state index in [4.69, 9.17) is 5.11 Å². The number of carbonyl (C=O) groups excluding carboxylic acids is 1. The van der Waals surface area contributed by atoms with Gasteiger partial charge in [0.05, 0.1) is 5.92 Å². The number of amides is 1.